The van der Waals surface area contributed by atoms with E-state index in [0.29, 0.717) is 6.42 Å². The van der Waals surface area contributed by atoms with E-state index in [1.165, 1.54) is 5.56 Å². The van der Waals surface area contributed by atoms with Gasteiger partial charge in [-0.05, 0) is 31.2 Å². The lowest BCUT2D eigenvalue weighted by molar-refractivity contribution is 0.122. The third-order valence-electron chi connectivity index (χ3n) is 2.56. The minimum atomic E-state index is -0.328. The van der Waals surface area contributed by atoms with Crippen LogP contribution in [-0.4, -0.2) is 22.9 Å². The fourth-order valence-electron chi connectivity index (χ4n) is 1.65. The van der Waals surface area contributed by atoms with Crippen molar-refractivity contribution in [2.24, 2.45) is 0 Å². The minimum absolute atomic E-state index is 0.0832. The van der Waals surface area contributed by atoms with Crippen molar-refractivity contribution in [2.45, 2.75) is 38.2 Å². The van der Waals surface area contributed by atoms with Gasteiger partial charge in [0.05, 0.1) is 6.10 Å². The summed E-state index contributed by atoms with van der Waals surface area (Å²) in [5.41, 5.74) is 1.36. The lowest BCUT2D eigenvalue weighted by Crippen LogP contribution is -2.08. The molecule has 2 nitrogen and oxygen atoms in total. The van der Waals surface area contributed by atoms with Crippen LogP contribution < -0.4 is 0 Å². The normalized spacial score (nSPS) is 12.7. The SMILES string of the molecule is OCC[C@@H](O)CCCCc1ccccc1. The maximum atomic E-state index is 9.39. The van der Waals surface area contributed by atoms with Crippen LogP contribution in [0, 0.1) is 0 Å². The lowest BCUT2D eigenvalue weighted by atomic mass is 10.0. The van der Waals surface area contributed by atoms with Gasteiger partial charge in [0.15, 0.2) is 0 Å². The molecule has 0 fully saturated rings. The highest BCUT2D eigenvalue weighted by Gasteiger charge is 2.02. The van der Waals surface area contributed by atoms with Crippen LogP contribution in [0.1, 0.15) is 31.2 Å². The molecule has 0 aliphatic heterocycles. The first-order chi connectivity index (χ1) is 7.33. The summed E-state index contributed by atoms with van der Waals surface area (Å²) in [5.74, 6) is 0. The number of unbranched alkanes of at least 4 members (excludes halogenated alkanes) is 1. The number of benzene rings is 1. The molecule has 1 aromatic rings. The molecule has 0 saturated heterocycles. The van der Waals surface area contributed by atoms with Crippen LogP contribution in [0.3, 0.4) is 0 Å². The van der Waals surface area contributed by atoms with E-state index in [1.54, 1.807) is 0 Å². The van der Waals surface area contributed by atoms with Gasteiger partial charge in [-0.25, -0.2) is 0 Å². The number of aliphatic hydroxyl groups is 2. The van der Waals surface area contributed by atoms with Gasteiger partial charge in [0.25, 0.3) is 0 Å². The predicted molar refractivity (Wildman–Crippen MR) is 61.7 cm³/mol. The van der Waals surface area contributed by atoms with E-state index in [9.17, 15) is 5.11 Å². The van der Waals surface area contributed by atoms with E-state index in [0.717, 1.165) is 25.7 Å². The van der Waals surface area contributed by atoms with Crippen LogP contribution in [-0.2, 0) is 6.42 Å². The Morgan fingerprint density at radius 3 is 2.40 bits per heavy atom. The Hall–Kier alpha value is -0.860. The summed E-state index contributed by atoms with van der Waals surface area (Å²) in [5, 5.41) is 18.0. The Kier molecular flexibility index (Phi) is 6.05. The summed E-state index contributed by atoms with van der Waals surface area (Å²) >= 11 is 0. The Labute approximate surface area is 91.6 Å². The number of rotatable bonds is 7. The molecule has 0 spiro atoms. The van der Waals surface area contributed by atoms with Crippen molar-refractivity contribution < 1.29 is 10.2 Å². The van der Waals surface area contributed by atoms with Crippen molar-refractivity contribution >= 4 is 0 Å². The van der Waals surface area contributed by atoms with Gasteiger partial charge in [-0.1, -0.05) is 36.8 Å². The highest BCUT2D eigenvalue weighted by atomic mass is 16.3. The smallest absolute Gasteiger partial charge is 0.0562 e. The van der Waals surface area contributed by atoms with Gasteiger partial charge in [0, 0.05) is 6.61 Å². The number of hydrogen-bond donors (Lipinski definition) is 2. The van der Waals surface area contributed by atoms with Gasteiger partial charge in [0.2, 0.25) is 0 Å². The standard InChI is InChI=1S/C13H20O2/c14-11-10-13(15)9-5-4-8-12-6-2-1-3-7-12/h1-3,6-7,13-15H,4-5,8-11H2/t13-/m0/s1. The molecule has 0 radical (unpaired) electrons. The van der Waals surface area contributed by atoms with Crippen molar-refractivity contribution in [2.75, 3.05) is 6.61 Å². The van der Waals surface area contributed by atoms with E-state index in [1.807, 2.05) is 6.07 Å². The van der Waals surface area contributed by atoms with Gasteiger partial charge in [0.1, 0.15) is 0 Å². The summed E-state index contributed by atoms with van der Waals surface area (Å²) in [6.45, 7) is 0.0832. The van der Waals surface area contributed by atoms with Gasteiger partial charge in [-0.3, -0.25) is 0 Å². The fraction of sp³-hybridized carbons (Fsp3) is 0.538. The second-order valence-electron chi connectivity index (χ2n) is 3.90. The predicted octanol–water partition coefficient (Wildman–Crippen LogP) is 2.14. The number of aryl methyl sites for hydroxylation is 1. The largest absolute Gasteiger partial charge is 0.396 e. The molecular formula is C13H20O2. The quantitative estimate of drug-likeness (QED) is 0.674. The molecule has 1 aromatic carbocycles. The van der Waals surface area contributed by atoms with Crippen LogP contribution in [0.15, 0.2) is 30.3 Å². The Morgan fingerprint density at radius 1 is 1.00 bits per heavy atom. The maximum Gasteiger partial charge on any atom is 0.0562 e. The Morgan fingerprint density at radius 2 is 1.73 bits per heavy atom. The summed E-state index contributed by atoms with van der Waals surface area (Å²) in [6, 6.07) is 10.4. The minimum Gasteiger partial charge on any atom is -0.396 e. The van der Waals surface area contributed by atoms with Crippen LogP contribution in [0.4, 0.5) is 0 Å². The zero-order valence-electron chi connectivity index (χ0n) is 9.10. The fourth-order valence-corrected chi connectivity index (χ4v) is 1.65. The second kappa shape index (κ2) is 7.43. The summed E-state index contributed by atoms with van der Waals surface area (Å²) in [6.07, 6.45) is 4.18. The molecule has 0 bridgehead atoms. The van der Waals surface area contributed by atoms with Crippen molar-refractivity contribution in [3.05, 3.63) is 35.9 Å². The highest BCUT2D eigenvalue weighted by molar-refractivity contribution is 5.14. The molecule has 0 aromatic heterocycles. The van der Waals surface area contributed by atoms with E-state index < -0.39 is 0 Å². The van der Waals surface area contributed by atoms with Gasteiger partial charge in [-0.15, -0.1) is 0 Å². The highest BCUT2D eigenvalue weighted by Crippen LogP contribution is 2.08. The topological polar surface area (TPSA) is 40.5 Å². The molecule has 15 heavy (non-hydrogen) atoms. The van der Waals surface area contributed by atoms with Crippen LogP contribution in [0.5, 0.6) is 0 Å². The first kappa shape index (κ1) is 12.2. The van der Waals surface area contributed by atoms with Gasteiger partial charge < -0.3 is 10.2 Å². The first-order valence-electron chi connectivity index (χ1n) is 5.66. The van der Waals surface area contributed by atoms with Crippen molar-refractivity contribution in [3.8, 4) is 0 Å². The molecule has 0 heterocycles. The number of aliphatic hydroxyl groups excluding tert-OH is 2. The Bertz CT molecular complexity index is 246. The molecule has 0 aliphatic carbocycles. The maximum absolute atomic E-state index is 9.39. The van der Waals surface area contributed by atoms with Gasteiger partial charge >= 0.3 is 0 Å². The lowest BCUT2D eigenvalue weighted by Gasteiger charge is -2.08. The molecule has 2 N–H and O–H groups in total. The van der Waals surface area contributed by atoms with E-state index >= 15 is 0 Å². The van der Waals surface area contributed by atoms with Crippen LogP contribution in [0.25, 0.3) is 0 Å². The van der Waals surface area contributed by atoms with Crippen molar-refractivity contribution in [1.29, 1.82) is 0 Å². The van der Waals surface area contributed by atoms with Crippen LogP contribution >= 0.6 is 0 Å². The summed E-state index contributed by atoms with van der Waals surface area (Å²) in [4.78, 5) is 0. The monoisotopic (exact) mass is 208 g/mol. The number of hydrogen-bond acceptors (Lipinski definition) is 2. The third kappa shape index (κ3) is 5.55. The molecular weight excluding hydrogens is 188 g/mol. The Balaban J connectivity index is 2.07. The van der Waals surface area contributed by atoms with Crippen molar-refractivity contribution in [3.63, 3.8) is 0 Å². The van der Waals surface area contributed by atoms with E-state index in [4.69, 9.17) is 5.11 Å². The molecule has 84 valence electrons. The first-order valence-corrected chi connectivity index (χ1v) is 5.66. The molecule has 2 heteroatoms. The van der Waals surface area contributed by atoms with Crippen LogP contribution in [0.2, 0.25) is 0 Å². The molecule has 0 unspecified atom stereocenters. The summed E-state index contributed by atoms with van der Waals surface area (Å²) in [7, 11) is 0. The molecule has 0 amide bonds. The van der Waals surface area contributed by atoms with Gasteiger partial charge in [-0.2, -0.15) is 0 Å². The molecule has 0 saturated carbocycles. The third-order valence-corrected chi connectivity index (χ3v) is 2.56. The average Bonchev–Trinajstić information content (AvgIpc) is 2.26. The van der Waals surface area contributed by atoms with E-state index in [-0.39, 0.29) is 12.7 Å². The van der Waals surface area contributed by atoms with E-state index in [2.05, 4.69) is 24.3 Å². The molecule has 1 atom stereocenters. The van der Waals surface area contributed by atoms with Crippen molar-refractivity contribution in [1.82, 2.24) is 0 Å². The summed E-state index contributed by atoms with van der Waals surface area (Å²) < 4.78 is 0. The second-order valence-corrected chi connectivity index (χ2v) is 3.90. The zero-order valence-corrected chi connectivity index (χ0v) is 9.10. The molecule has 0 aliphatic rings. The zero-order chi connectivity index (χ0) is 10.9. The molecule has 1 rings (SSSR count). The average molecular weight is 208 g/mol.